The minimum Gasteiger partial charge on any atom is -0.504 e. The number of nitrogens with zero attached hydrogens (tertiary/aromatic N) is 1. The number of ether oxygens (including phenoxy) is 1. The molecule has 3 aromatic carbocycles. The standard InChI is InChI=1S/C16H11NO4/c18-14-7-3-4-8-16(14)21-15-10-9-13(17(19)20)11-5-1-2-6-12(11)15/h1-10,18H. The number of fused-ring (bicyclic) bond motifs is 1. The van der Waals surface area contributed by atoms with Gasteiger partial charge in [-0.3, -0.25) is 10.1 Å². The van der Waals surface area contributed by atoms with Gasteiger partial charge in [-0.2, -0.15) is 0 Å². The third-order valence-corrected chi connectivity index (χ3v) is 3.14. The summed E-state index contributed by atoms with van der Waals surface area (Å²) >= 11 is 0. The Hall–Kier alpha value is -3.08. The molecule has 0 saturated carbocycles. The average molecular weight is 281 g/mol. The first-order valence-electron chi connectivity index (χ1n) is 6.29. The van der Waals surface area contributed by atoms with E-state index < -0.39 is 4.92 Å². The van der Waals surface area contributed by atoms with Crippen molar-refractivity contribution in [2.24, 2.45) is 0 Å². The molecule has 0 aliphatic rings. The molecule has 0 heterocycles. The fourth-order valence-corrected chi connectivity index (χ4v) is 2.17. The lowest BCUT2D eigenvalue weighted by molar-refractivity contribution is -0.383. The maximum absolute atomic E-state index is 11.1. The lowest BCUT2D eigenvalue weighted by atomic mass is 10.1. The van der Waals surface area contributed by atoms with Crippen LogP contribution in [0.1, 0.15) is 0 Å². The van der Waals surface area contributed by atoms with Gasteiger partial charge in [0, 0.05) is 11.5 Å². The predicted octanol–water partition coefficient (Wildman–Crippen LogP) is 4.25. The van der Waals surface area contributed by atoms with Gasteiger partial charge >= 0.3 is 0 Å². The molecular weight excluding hydrogens is 270 g/mol. The van der Waals surface area contributed by atoms with Gasteiger partial charge in [-0.15, -0.1) is 0 Å². The van der Waals surface area contributed by atoms with Crippen LogP contribution in [-0.4, -0.2) is 10.0 Å². The summed E-state index contributed by atoms with van der Waals surface area (Å²) in [6, 6.07) is 16.4. The number of nitro groups is 1. The largest absolute Gasteiger partial charge is 0.504 e. The Bertz CT molecular complexity index is 829. The summed E-state index contributed by atoms with van der Waals surface area (Å²) < 4.78 is 5.68. The number of phenolic OH excluding ortho intramolecular Hbond substituents is 1. The van der Waals surface area contributed by atoms with E-state index in [2.05, 4.69) is 0 Å². The molecule has 0 atom stereocenters. The quantitative estimate of drug-likeness (QED) is 0.575. The zero-order chi connectivity index (χ0) is 14.8. The number of para-hydroxylation sites is 2. The molecule has 1 N–H and O–H groups in total. The summed E-state index contributed by atoms with van der Waals surface area (Å²) in [7, 11) is 0. The van der Waals surface area contributed by atoms with Crippen LogP contribution in [0.25, 0.3) is 10.8 Å². The van der Waals surface area contributed by atoms with E-state index in [9.17, 15) is 15.2 Å². The highest BCUT2D eigenvalue weighted by Gasteiger charge is 2.15. The van der Waals surface area contributed by atoms with Gasteiger partial charge in [0.15, 0.2) is 11.5 Å². The summed E-state index contributed by atoms with van der Waals surface area (Å²) in [4.78, 5) is 10.6. The molecular formula is C16H11NO4. The first-order chi connectivity index (χ1) is 10.2. The number of phenols is 1. The Labute approximate surface area is 120 Å². The molecule has 0 aliphatic carbocycles. The Morgan fingerprint density at radius 1 is 0.857 bits per heavy atom. The summed E-state index contributed by atoms with van der Waals surface area (Å²) in [6.45, 7) is 0. The van der Waals surface area contributed by atoms with Gasteiger partial charge in [-0.25, -0.2) is 0 Å². The first kappa shape index (κ1) is 12.9. The zero-order valence-corrected chi connectivity index (χ0v) is 10.9. The van der Waals surface area contributed by atoms with Crippen molar-refractivity contribution in [1.82, 2.24) is 0 Å². The molecule has 21 heavy (non-hydrogen) atoms. The third kappa shape index (κ3) is 2.36. The number of hydrogen-bond donors (Lipinski definition) is 1. The Balaban J connectivity index is 2.14. The van der Waals surface area contributed by atoms with Crippen LogP contribution in [0.15, 0.2) is 60.7 Å². The lowest BCUT2D eigenvalue weighted by Gasteiger charge is -2.10. The van der Waals surface area contributed by atoms with E-state index in [1.165, 1.54) is 18.2 Å². The second-order valence-electron chi connectivity index (χ2n) is 4.46. The number of hydrogen-bond acceptors (Lipinski definition) is 4. The van der Waals surface area contributed by atoms with Crippen molar-refractivity contribution < 1.29 is 14.8 Å². The second-order valence-corrected chi connectivity index (χ2v) is 4.46. The number of benzene rings is 3. The SMILES string of the molecule is O=[N+]([O-])c1ccc(Oc2ccccc2O)c2ccccc12. The van der Waals surface area contributed by atoms with Crippen molar-refractivity contribution in [3.8, 4) is 17.2 Å². The molecule has 3 rings (SSSR count). The van der Waals surface area contributed by atoms with Crippen molar-refractivity contribution >= 4 is 16.5 Å². The van der Waals surface area contributed by atoms with Crippen molar-refractivity contribution in [2.75, 3.05) is 0 Å². The molecule has 0 amide bonds. The van der Waals surface area contributed by atoms with E-state index in [4.69, 9.17) is 4.74 Å². The van der Waals surface area contributed by atoms with Gasteiger partial charge in [0.05, 0.1) is 10.3 Å². The molecule has 5 heteroatoms. The number of rotatable bonds is 3. The number of non-ortho nitro benzene ring substituents is 1. The average Bonchev–Trinajstić information content (AvgIpc) is 2.49. The second kappa shape index (κ2) is 5.13. The van der Waals surface area contributed by atoms with Gasteiger partial charge in [0.1, 0.15) is 5.75 Å². The van der Waals surface area contributed by atoms with Crippen molar-refractivity contribution in [2.45, 2.75) is 0 Å². The number of aromatic hydroxyl groups is 1. The lowest BCUT2D eigenvalue weighted by Crippen LogP contribution is -1.92. The van der Waals surface area contributed by atoms with E-state index in [0.717, 1.165) is 0 Å². The van der Waals surface area contributed by atoms with Crippen LogP contribution in [0.3, 0.4) is 0 Å². The maximum Gasteiger partial charge on any atom is 0.277 e. The minimum atomic E-state index is -0.425. The molecule has 5 nitrogen and oxygen atoms in total. The fraction of sp³-hybridized carbons (Fsp3) is 0. The monoisotopic (exact) mass is 281 g/mol. The van der Waals surface area contributed by atoms with Gasteiger partial charge in [-0.1, -0.05) is 30.3 Å². The molecule has 0 saturated heterocycles. The zero-order valence-electron chi connectivity index (χ0n) is 10.9. The first-order valence-corrected chi connectivity index (χ1v) is 6.29. The Morgan fingerprint density at radius 3 is 2.24 bits per heavy atom. The van der Waals surface area contributed by atoms with Crippen LogP contribution in [0.4, 0.5) is 5.69 Å². The van der Waals surface area contributed by atoms with Crippen molar-refractivity contribution in [1.29, 1.82) is 0 Å². The van der Waals surface area contributed by atoms with Crippen LogP contribution in [-0.2, 0) is 0 Å². The molecule has 0 spiro atoms. The Kier molecular flexibility index (Phi) is 3.16. The molecule has 0 unspecified atom stereocenters. The van der Waals surface area contributed by atoms with E-state index in [1.54, 1.807) is 42.5 Å². The predicted molar refractivity (Wildman–Crippen MR) is 78.8 cm³/mol. The van der Waals surface area contributed by atoms with Gasteiger partial charge < -0.3 is 9.84 Å². The summed E-state index contributed by atoms with van der Waals surface area (Å²) in [5.74, 6) is 0.772. The highest BCUT2D eigenvalue weighted by atomic mass is 16.6. The van der Waals surface area contributed by atoms with E-state index in [0.29, 0.717) is 22.3 Å². The van der Waals surface area contributed by atoms with Crippen LogP contribution in [0, 0.1) is 10.1 Å². The molecule has 0 aromatic heterocycles. The van der Waals surface area contributed by atoms with Gasteiger partial charge in [-0.05, 0) is 24.3 Å². The number of nitro benzene ring substituents is 1. The summed E-state index contributed by atoms with van der Waals surface area (Å²) in [5, 5.41) is 21.9. The smallest absolute Gasteiger partial charge is 0.277 e. The highest BCUT2D eigenvalue weighted by molar-refractivity contribution is 5.95. The van der Waals surface area contributed by atoms with Crippen LogP contribution in [0.5, 0.6) is 17.2 Å². The molecule has 0 radical (unpaired) electrons. The van der Waals surface area contributed by atoms with E-state index in [1.807, 2.05) is 0 Å². The van der Waals surface area contributed by atoms with Crippen LogP contribution < -0.4 is 4.74 Å². The third-order valence-electron chi connectivity index (χ3n) is 3.14. The summed E-state index contributed by atoms with van der Waals surface area (Å²) in [5.41, 5.74) is 0.0234. The van der Waals surface area contributed by atoms with Crippen molar-refractivity contribution in [3.05, 3.63) is 70.8 Å². The Morgan fingerprint density at radius 2 is 1.52 bits per heavy atom. The highest BCUT2D eigenvalue weighted by Crippen LogP contribution is 2.37. The molecule has 0 bridgehead atoms. The maximum atomic E-state index is 11.1. The fourth-order valence-electron chi connectivity index (χ4n) is 2.17. The minimum absolute atomic E-state index is 0.0138. The van der Waals surface area contributed by atoms with Crippen LogP contribution >= 0.6 is 0 Å². The topological polar surface area (TPSA) is 72.6 Å². The molecule has 3 aromatic rings. The van der Waals surface area contributed by atoms with Crippen LogP contribution in [0.2, 0.25) is 0 Å². The summed E-state index contributed by atoms with van der Waals surface area (Å²) in [6.07, 6.45) is 0. The molecule has 0 fully saturated rings. The van der Waals surface area contributed by atoms with Gasteiger partial charge in [0.25, 0.3) is 5.69 Å². The molecule has 104 valence electrons. The normalized spacial score (nSPS) is 10.5. The van der Waals surface area contributed by atoms with Crippen molar-refractivity contribution in [3.63, 3.8) is 0 Å². The molecule has 0 aliphatic heterocycles. The van der Waals surface area contributed by atoms with Gasteiger partial charge in [0.2, 0.25) is 0 Å². The van der Waals surface area contributed by atoms with E-state index in [-0.39, 0.29) is 11.4 Å². The van der Waals surface area contributed by atoms with E-state index >= 15 is 0 Å².